The zero-order valence-corrected chi connectivity index (χ0v) is 16.8. The lowest BCUT2D eigenvalue weighted by atomic mass is 10.1. The predicted molar refractivity (Wildman–Crippen MR) is 110 cm³/mol. The molecule has 3 aromatic rings. The van der Waals surface area contributed by atoms with E-state index >= 15 is 0 Å². The van der Waals surface area contributed by atoms with Gasteiger partial charge in [0.2, 0.25) is 11.8 Å². The van der Waals surface area contributed by atoms with Crippen LogP contribution in [0.25, 0.3) is 11.5 Å². The molecule has 0 aliphatic heterocycles. The molecular formula is C21H21N3O3S. The van der Waals surface area contributed by atoms with Gasteiger partial charge in [0, 0.05) is 23.2 Å². The molecule has 0 fully saturated rings. The van der Waals surface area contributed by atoms with Crippen LogP contribution < -0.4 is 5.32 Å². The first-order valence-electron chi connectivity index (χ1n) is 8.92. The van der Waals surface area contributed by atoms with Crippen LogP contribution in [0.15, 0.2) is 52.1 Å². The van der Waals surface area contributed by atoms with Gasteiger partial charge in [0.05, 0.1) is 5.75 Å². The molecule has 0 unspecified atom stereocenters. The molecule has 0 bridgehead atoms. The fourth-order valence-corrected chi connectivity index (χ4v) is 3.34. The van der Waals surface area contributed by atoms with Gasteiger partial charge in [0.25, 0.3) is 5.22 Å². The monoisotopic (exact) mass is 395 g/mol. The Bertz CT molecular complexity index is 976. The van der Waals surface area contributed by atoms with E-state index in [2.05, 4.69) is 21.6 Å². The quantitative estimate of drug-likeness (QED) is 0.462. The largest absolute Gasteiger partial charge is 0.411 e. The summed E-state index contributed by atoms with van der Waals surface area (Å²) in [4.78, 5) is 23.8. The second-order valence-electron chi connectivity index (χ2n) is 6.44. The third kappa shape index (κ3) is 5.07. The third-order valence-corrected chi connectivity index (χ3v) is 4.83. The van der Waals surface area contributed by atoms with Gasteiger partial charge < -0.3 is 9.73 Å². The molecule has 0 aliphatic rings. The highest BCUT2D eigenvalue weighted by molar-refractivity contribution is 7.99. The first-order chi connectivity index (χ1) is 13.4. The Kier molecular flexibility index (Phi) is 6.26. The highest BCUT2D eigenvalue weighted by atomic mass is 32.2. The zero-order chi connectivity index (χ0) is 20.1. The van der Waals surface area contributed by atoms with Crippen LogP contribution in [0.5, 0.6) is 0 Å². The molecule has 3 rings (SSSR count). The number of aryl methyl sites for hydroxylation is 2. The van der Waals surface area contributed by atoms with E-state index in [9.17, 15) is 9.59 Å². The van der Waals surface area contributed by atoms with Crippen molar-refractivity contribution in [2.75, 3.05) is 11.1 Å². The van der Waals surface area contributed by atoms with Crippen LogP contribution in [0.2, 0.25) is 0 Å². The molecule has 0 saturated carbocycles. The topological polar surface area (TPSA) is 85.1 Å². The van der Waals surface area contributed by atoms with Crippen LogP contribution >= 0.6 is 11.8 Å². The molecule has 0 radical (unpaired) electrons. The number of hydrogen-bond acceptors (Lipinski definition) is 6. The van der Waals surface area contributed by atoms with Crippen LogP contribution in [-0.2, 0) is 4.79 Å². The standard InChI is InChI=1S/C21H21N3O3S/c1-4-19(26)22-17-7-5-15(6-8-17)18(25)12-28-21-24-23-20(27-21)16-10-13(2)9-14(3)11-16/h5-11H,4,12H2,1-3H3,(H,22,26). The molecule has 7 heteroatoms. The van der Waals surface area contributed by atoms with Crippen molar-refractivity contribution in [3.05, 3.63) is 59.2 Å². The molecule has 1 amide bonds. The predicted octanol–water partition coefficient (Wildman–Crippen LogP) is 4.68. The van der Waals surface area contributed by atoms with E-state index in [0.29, 0.717) is 28.8 Å². The number of carbonyl (C=O) groups is 2. The minimum atomic E-state index is -0.0642. The molecular weight excluding hydrogens is 374 g/mol. The second-order valence-corrected chi connectivity index (χ2v) is 7.37. The smallest absolute Gasteiger partial charge is 0.277 e. The van der Waals surface area contributed by atoms with Crippen LogP contribution in [0, 0.1) is 13.8 Å². The van der Waals surface area contributed by atoms with E-state index in [0.717, 1.165) is 16.7 Å². The summed E-state index contributed by atoms with van der Waals surface area (Å²) in [5.74, 6) is 0.516. The molecule has 0 spiro atoms. The molecule has 0 aliphatic carbocycles. The summed E-state index contributed by atoms with van der Waals surface area (Å²) in [6, 6.07) is 12.9. The van der Waals surface area contributed by atoms with Crippen molar-refractivity contribution < 1.29 is 14.0 Å². The third-order valence-electron chi connectivity index (χ3n) is 4.01. The number of benzene rings is 2. The zero-order valence-electron chi connectivity index (χ0n) is 16.0. The molecule has 1 heterocycles. The van der Waals surface area contributed by atoms with Crippen LogP contribution in [0.4, 0.5) is 5.69 Å². The molecule has 2 aromatic carbocycles. The lowest BCUT2D eigenvalue weighted by Gasteiger charge is -2.04. The second kappa shape index (κ2) is 8.84. The van der Waals surface area contributed by atoms with E-state index in [1.165, 1.54) is 11.8 Å². The number of aromatic nitrogens is 2. The highest BCUT2D eigenvalue weighted by Gasteiger charge is 2.13. The highest BCUT2D eigenvalue weighted by Crippen LogP contribution is 2.25. The van der Waals surface area contributed by atoms with Crippen molar-refractivity contribution in [3.8, 4) is 11.5 Å². The van der Waals surface area contributed by atoms with E-state index < -0.39 is 0 Å². The molecule has 6 nitrogen and oxygen atoms in total. The van der Waals surface area contributed by atoms with Gasteiger partial charge in [-0.05, 0) is 50.2 Å². The lowest BCUT2D eigenvalue weighted by molar-refractivity contribution is -0.115. The van der Waals surface area contributed by atoms with Crippen molar-refractivity contribution in [3.63, 3.8) is 0 Å². The fraction of sp³-hybridized carbons (Fsp3) is 0.238. The maximum Gasteiger partial charge on any atom is 0.277 e. The number of thioether (sulfide) groups is 1. The Morgan fingerprint density at radius 2 is 1.71 bits per heavy atom. The summed E-state index contributed by atoms with van der Waals surface area (Å²) < 4.78 is 5.68. The number of amides is 1. The summed E-state index contributed by atoms with van der Waals surface area (Å²) in [6.45, 7) is 5.81. The van der Waals surface area contributed by atoms with E-state index in [4.69, 9.17) is 4.42 Å². The SMILES string of the molecule is CCC(=O)Nc1ccc(C(=O)CSc2nnc(-c3cc(C)cc(C)c3)o2)cc1. The molecule has 28 heavy (non-hydrogen) atoms. The minimum absolute atomic E-state index is 0.0514. The first kappa shape index (κ1) is 19.8. The summed E-state index contributed by atoms with van der Waals surface area (Å²) in [5, 5.41) is 11.2. The van der Waals surface area contributed by atoms with Crippen molar-refractivity contribution in [1.82, 2.24) is 10.2 Å². The van der Waals surface area contributed by atoms with Gasteiger partial charge in [0.15, 0.2) is 5.78 Å². The Morgan fingerprint density at radius 3 is 2.36 bits per heavy atom. The molecule has 0 saturated heterocycles. The normalized spacial score (nSPS) is 10.7. The number of hydrogen-bond donors (Lipinski definition) is 1. The Hall–Kier alpha value is -2.93. The van der Waals surface area contributed by atoms with E-state index in [-0.39, 0.29) is 17.4 Å². The minimum Gasteiger partial charge on any atom is -0.411 e. The Morgan fingerprint density at radius 1 is 1.04 bits per heavy atom. The summed E-state index contributed by atoms with van der Waals surface area (Å²) in [5.41, 5.74) is 4.35. The Labute approximate surface area is 167 Å². The maximum absolute atomic E-state index is 12.4. The van der Waals surface area contributed by atoms with Crippen LogP contribution in [0.3, 0.4) is 0 Å². The number of nitrogens with one attached hydrogen (secondary N) is 1. The van der Waals surface area contributed by atoms with Crippen molar-refractivity contribution in [2.45, 2.75) is 32.4 Å². The maximum atomic E-state index is 12.4. The van der Waals surface area contributed by atoms with Gasteiger partial charge in [-0.2, -0.15) is 0 Å². The van der Waals surface area contributed by atoms with Gasteiger partial charge in [-0.1, -0.05) is 35.9 Å². The number of rotatable bonds is 7. The summed E-state index contributed by atoms with van der Waals surface area (Å²) in [7, 11) is 0. The number of nitrogens with zero attached hydrogens (tertiary/aromatic N) is 2. The number of Topliss-reactive ketones (excluding diaryl/α,β-unsaturated/α-hetero) is 1. The van der Waals surface area contributed by atoms with E-state index in [1.807, 2.05) is 26.0 Å². The van der Waals surface area contributed by atoms with Crippen molar-refractivity contribution in [1.29, 1.82) is 0 Å². The molecule has 1 aromatic heterocycles. The average molecular weight is 395 g/mol. The number of carbonyl (C=O) groups excluding carboxylic acids is 2. The van der Waals surface area contributed by atoms with Gasteiger partial charge in [0.1, 0.15) is 0 Å². The average Bonchev–Trinajstić information content (AvgIpc) is 3.15. The Balaban J connectivity index is 1.60. The number of ketones is 1. The lowest BCUT2D eigenvalue weighted by Crippen LogP contribution is -2.09. The summed E-state index contributed by atoms with van der Waals surface area (Å²) >= 11 is 1.21. The molecule has 144 valence electrons. The fourth-order valence-electron chi connectivity index (χ4n) is 2.68. The summed E-state index contributed by atoms with van der Waals surface area (Å²) in [6.07, 6.45) is 0.408. The number of anilines is 1. The van der Waals surface area contributed by atoms with Crippen molar-refractivity contribution in [2.24, 2.45) is 0 Å². The van der Waals surface area contributed by atoms with Crippen molar-refractivity contribution >= 4 is 29.1 Å². The van der Waals surface area contributed by atoms with Gasteiger partial charge in [-0.15, -0.1) is 10.2 Å². The van der Waals surface area contributed by atoms with Crippen LogP contribution in [-0.4, -0.2) is 27.6 Å². The molecule has 0 atom stereocenters. The van der Waals surface area contributed by atoms with E-state index in [1.54, 1.807) is 31.2 Å². The van der Waals surface area contributed by atoms with Gasteiger partial charge >= 0.3 is 0 Å². The van der Waals surface area contributed by atoms with Gasteiger partial charge in [-0.3, -0.25) is 9.59 Å². The molecule has 1 N–H and O–H groups in total. The van der Waals surface area contributed by atoms with Gasteiger partial charge in [-0.25, -0.2) is 0 Å². The van der Waals surface area contributed by atoms with Crippen LogP contribution in [0.1, 0.15) is 34.8 Å². The first-order valence-corrected chi connectivity index (χ1v) is 9.91.